The van der Waals surface area contributed by atoms with Crippen molar-refractivity contribution in [1.29, 1.82) is 0 Å². The summed E-state index contributed by atoms with van der Waals surface area (Å²) in [4.78, 5) is 34.2. The molecule has 0 aliphatic carbocycles. The molecule has 8 heteroatoms. The van der Waals surface area contributed by atoms with Gasteiger partial charge in [-0.15, -0.1) is 0 Å². The number of nitrogens with one attached hydrogen (secondary N) is 1. The number of halogens is 1. The minimum Gasteiger partial charge on any atom is -0.478 e. The molecule has 0 heterocycles. The molecule has 7 nitrogen and oxygen atoms in total. The van der Waals surface area contributed by atoms with E-state index in [1.807, 2.05) is 0 Å². The molecule has 1 rings (SSSR count). The predicted molar refractivity (Wildman–Crippen MR) is 74.3 cm³/mol. The van der Waals surface area contributed by atoms with Gasteiger partial charge in [0.2, 0.25) is 0 Å². The molecule has 0 saturated heterocycles. The van der Waals surface area contributed by atoms with E-state index in [0.717, 1.165) is 0 Å². The molecule has 0 aromatic heterocycles. The van der Waals surface area contributed by atoms with Gasteiger partial charge in [0.05, 0.1) is 17.9 Å². The number of para-hydroxylation sites is 1. The van der Waals surface area contributed by atoms with Crippen LogP contribution in [0.5, 0.6) is 0 Å². The minimum atomic E-state index is -1.52. The van der Waals surface area contributed by atoms with Crippen molar-refractivity contribution in [2.75, 3.05) is 11.9 Å². The number of carbonyl (C=O) groups is 3. The number of esters is 1. The Kier molecular flexibility index (Phi) is 5.66. The molecule has 0 aliphatic heterocycles. The van der Waals surface area contributed by atoms with Crippen LogP contribution >= 0.6 is 15.9 Å². The summed E-state index contributed by atoms with van der Waals surface area (Å²) in [6, 6.07) is 2.86. The summed E-state index contributed by atoms with van der Waals surface area (Å²) in [6.45, 7) is 1.67. The molecule has 108 valence electrons. The van der Waals surface area contributed by atoms with E-state index in [1.165, 1.54) is 12.1 Å². The van der Waals surface area contributed by atoms with Gasteiger partial charge in [0.1, 0.15) is 0 Å². The van der Waals surface area contributed by atoms with E-state index in [-0.39, 0.29) is 17.9 Å². The van der Waals surface area contributed by atoms with Crippen molar-refractivity contribution in [1.82, 2.24) is 0 Å². The van der Waals surface area contributed by atoms with Crippen molar-refractivity contribution in [3.05, 3.63) is 28.2 Å². The minimum absolute atomic E-state index is 0.0322. The van der Waals surface area contributed by atoms with Crippen LogP contribution in [-0.4, -0.2) is 35.6 Å². The fourth-order valence-electron chi connectivity index (χ4n) is 1.37. The number of carboxylic acids is 1. The highest BCUT2D eigenvalue weighted by Crippen LogP contribution is 2.26. The van der Waals surface area contributed by atoms with Gasteiger partial charge in [-0.3, -0.25) is 4.79 Å². The Morgan fingerprint density at radius 1 is 1.45 bits per heavy atom. The molecule has 1 atom stereocenters. The van der Waals surface area contributed by atoms with Gasteiger partial charge >= 0.3 is 11.9 Å². The maximum atomic E-state index is 11.8. The summed E-state index contributed by atoms with van der Waals surface area (Å²) >= 11 is 3.13. The van der Waals surface area contributed by atoms with Crippen LogP contribution < -0.4 is 11.1 Å². The lowest BCUT2D eigenvalue weighted by Crippen LogP contribution is -2.43. The standard InChI is InChI=1S/C12H13BrN2O5/c1-2-20-12(19)8(14)10(16)15-9-6(11(17)18)4-3-5-7(9)13/h3-5,8H,2,14H2,1H3,(H,15,16)(H,17,18). The first kappa shape index (κ1) is 16.1. The molecule has 0 radical (unpaired) electrons. The zero-order chi connectivity index (χ0) is 15.3. The van der Waals surface area contributed by atoms with Gasteiger partial charge in [-0.25, -0.2) is 9.59 Å². The van der Waals surface area contributed by atoms with Gasteiger partial charge in [-0.05, 0) is 35.0 Å². The Balaban J connectivity index is 2.96. The lowest BCUT2D eigenvalue weighted by Gasteiger charge is -2.14. The van der Waals surface area contributed by atoms with Crippen molar-refractivity contribution in [3.8, 4) is 0 Å². The number of ether oxygens (including phenoxy) is 1. The highest BCUT2D eigenvalue weighted by molar-refractivity contribution is 9.10. The van der Waals surface area contributed by atoms with Crippen LogP contribution in [-0.2, 0) is 14.3 Å². The molecule has 1 unspecified atom stereocenters. The number of amides is 1. The van der Waals surface area contributed by atoms with Crippen molar-refractivity contribution in [2.24, 2.45) is 5.73 Å². The molecule has 1 aromatic carbocycles. The van der Waals surface area contributed by atoms with Crippen LogP contribution in [0.3, 0.4) is 0 Å². The molecule has 0 aliphatic rings. The van der Waals surface area contributed by atoms with Gasteiger partial charge in [0.15, 0.2) is 6.04 Å². The molecule has 1 amide bonds. The molecule has 20 heavy (non-hydrogen) atoms. The topological polar surface area (TPSA) is 119 Å². The number of anilines is 1. The fraction of sp³-hybridized carbons (Fsp3) is 0.250. The van der Waals surface area contributed by atoms with E-state index in [1.54, 1.807) is 13.0 Å². The van der Waals surface area contributed by atoms with Crippen molar-refractivity contribution >= 4 is 39.5 Å². The first-order valence-corrected chi connectivity index (χ1v) is 6.42. The predicted octanol–water partition coefficient (Wildman–Crippen LogP) is 0.976. The van der Waals surface area contributed by atoms with Gasteiger partial charge in [0.25, 0.3) is 5.91 Å². The normalized spacial score (nSPS) is 11.6. The van der Waals surface area contributed by atoms with Gasteiger partial charge < -0.3 is 20.9 Å². The van der Waals surface area contributed by atoms with Crippen molar-refractivity contribution < 1.29 is 24.2 Å². The first-order valence-electron chi connectivity index (χ1n) is 5.63. The van der Waals surface area contributed by atoms with E-state index in [2.05, 4.69) is 26.0 Å². The molecule has 0 spiro atoms. The van der Waals surface area contributed by atoms with E-state index < -0.39 is 23.9 Å². The van der Waals surface area contributed by atoms with Crippen LogP contribution in [0.25, 0.3) is 0 Å². The van der Waals surface area contributed by atoms with Crippen molar-refractivity contribution in [3.63, 3.8) is 0 Å². The number of rotatable bonds is 5. The smallest absolute Gasteiger partial charge is 0.337 e. The number of hydrogen-bond donors (Lipinski definition) is 3. The Hall–Kier alpha value is -1.93. The highest BCUT2D eigenvalue weighted by atomic mass is 79.9. The highest BCUT2D eigenvalue weighted by Gasteiger charge is 2.25. The van der Waals surface area contributed by atoms with Gasteiger partial charge in [0, 0.05) is 4.47 Å². The van der Waals surface area contributed by atoms with Crippen molar-refractivity contribution in [2.45, 2.75) is 13.0 Å². The van der Waals surface area contributed by atoms with Crippen LogP contribution in [0, 0.1) is 0 Å². The molecular formula is C12H13BrN2O5. The number of aromatic carboxylic acids is 1. The quantitative estimate of drug-likeness (QED) is 0.541. The Bertz CT molecular complexity index is 547. The fourth-order valence-corrected chi connectivity index (χ4v) is 1.83. The van der Waals surface area contributed by atoms with E-state index in [9.17, 15) is 14.4 Å². The van der Waals surface area contributed by atoms with Gasteiger partial charge in [-0.1, -0.05) is 6.07 Å². The lowest BCUT2D eigenvalue weighted by atomic mass is 10.1. The number of hydrogen-bond acceptors (Lipinski definition) is 5. The molecular weight excluding hydrogens is 332 g/mol. The Morgan fingerprint density at radius 2 is 2.10 bits per heavy atom. The van der Waals surface area contributed by atoms with E-state index in [0.29, 0.717) is 4.47 Å². The average molecular weight is 345 g/mol. The largest absolute Gasteiger partial charge is 0.478 e. The number of carboxylic acid groups (broad SMARTS) is 1. The Labute approximate surface area is 123 Å². The number of nitrogens with two attached hydrogens (primary N) is 1. The summed E-state index contributed by atoms with van der Waals surface area (Å²) in [6.07, 6.45) is 0. The third kappa shape index (κ3) is 3.78. The lowest BCUT2D eigenvalue weighted by molar-refractivity contribution is -0.146. The molecule has 0 bridgehead atoms. The third-order valence-corrected chi connectivity index (χ3v) is 2.98. The molecule has 0 saturated carbocycles. The number of carbonyl (C=O) groups excluding carboxylic acids is 2. The second kappa shape index (κ2) is 7.01. The summed E-state index contributed by atoms with van der Waals surface area (Å²) < 4.78 is 4.98. The summed E-state index contributed by atoms with van der Waals surface area (Å²) in [5.74, 6) is -2.95. The molecule has 0 fully saturated rings. The molecule has 1 aromatic rings. The maximum absolute atomic E-state index is 11.8. The monoisotopic (exact) mass is 344 g/mol. The van der Waals surface area contributed by atoms with Crippen LogP contribution in [0.4, 0.5) is 5.69 Å². The summed E-state index contributed by atoms with van der Waals surface area (Å²) in [7, 11) is 0. The SMILES string of the molecule is CCOC(=O)C(N)C(=O)Nc1c(Br)cccc1C(=O)O. The average Bonchev–Trinajstić information content (AvgIpc) is 2.39. The van der Waals surface area contributed by atoms with Gasteiger partial charge in [-0.2, -0.15) is 0 Å². The van der Waals surface area contributed by atoms with E-state index >= 15 is 0 Å². The zero-order valence-electron chi connectivity index (χ0n) is 10.6. The number of benzene rings is 1. The zero-order valence-corrected chi connectivity index (χ0v) is 12.1. The molecule has 4 N–H and O–H groups in total. The first-order chi connectivity index (χ1) is 9.38. The summed E-state index contributed by atoms with van der Waals surface area (Å²) in [5, 5.41) is 11.3. The van der Waals surface area contributed by atoms with Crippen LogP contribution in [0.2, 0.25) is 0 Å². The summed E-state index contributed by atoms with van der Waals surface area (Å²) in [5.41, 5.74) is 5.33. The van der Waals surface area contributed by atoms with Crippen LogP contribution in [0.1, 0.15) is 17.3 Å². The second-order valence-corrected chi connectivity index (χ2v) is 4.54. The maximum Gasteiger partial charge on any atom is 0.337 e. The second-order valence-electron chi connectivity index (χ2n) is 3.69. The Morgan fingerprint density at radius 3 is 2.65 bits per heavy atom. The van der Waals surface area contributed by atoms with E-state index in [4.69, 9.17) is 10.8 Å². The van der Waals surface area contributed by atoms with Crippen LogP contribution in [0.15, 0.2) is 22.7 Å². The third-order valence-electron chi connectivity index (χ3n) is 2.32.